The van der Waals surface area contributed by atoms with E-state index in [9.17, 15) is 4.79 Å². The van der Waals surface area contributed by atoms with Crippen LogP contribution in [0, 0.1) is 19.3 Å². The minimum Gasteiger partial charge on any atom is -0.301 e. The van der Waals surface area contributed by atoms with Crippen LogP contribution in [0.4, 0.5) is 5.13 Å². The van der Waals surface area contributed by atoms with E-state index in [2.05, 4.69) is 76.9 Å². The molecule has 6 heteroatoms. The number of nitrogens with one attached hydrogen (secondary N) is 1. The fraction of sp³-hybridized carbons (Fsp3) is 0.207. The number of nitrogens with zero attached hydrogens (tertiary/aromatic N) is 3. The van der Waals surface area contributed by atoms with Gasteiger partial charge in [0, 0.05) is 16.7 Å². The number of aryl methyl sites for hydroxylation is 2. The Bertz CT molecular complexity index is 1480. The Morgan fingerprint density at radius 2 is 1.71 bits per heavy atom. The summed E-state index contributed by atoms with van der Waals surface area (Å²) in [5, 5.41) is 11.3. The fourth-order valence-electron chi connectivity index (χ4n) is 4.59. The van der Waals surface area contributed by atoms with Gasteiger partial charge in [-0.05, 0) is 49.2 Å². The molecule has 35 heavy (non-hydrogen) atoms. The lowest BCUT2D eigenvalue weighted by Gasteiger charge is -2.34. The molecule has 0 saturated heterocycles. The van der Waals surface area contributed by atoms with E-state index in [4.69, 9.17) is 0 Å². The highest BCUT2D eigenvalue weighted by molar-refractivity contribution is 7.13. The molecule has 2 heterocycles. The van der Waals surface area contributed by atoms with Gasteiger partial charge in [-0.1, -0.05) is 67.9 Å². The molecule has 0 radical (unpaired) electrons. The van der Waals surface area contributed by atoms with E-state index in [1.807, 2.05) is 55.2 Å². The Balaban J connectivity index is 1.56. The number of fused-ring (bicyclic) bond motifs is 1. The smallest absolute Gasteiger partial charge is 0.232 e. The van der Waals surface area contributed by atoms with Gasteiger partial charge in [0.05, 0.1) is 28.5 Å². The molecule has 1 atom stereocenters. The number of rotatable bonds is 6. The summed E-state index contributed by atoms with van der Waals surface area (Å²) in [4.78, 5) is 18.0. The van der Waals surface area contributed by atoms with Gasteiger partial charge in [-0.3, -0.25) is 4.79 Å². The molecule has 0 aliphatic rings. The predicted octanol–water partition coefficient (Wildman–Crippen LogP) is 6.90. The quantitative estimate of drug-likeness (QED) is 0.288. The molecule has 1 unspecified atom stereocenters. The second-order valence-electron chi connectivity index (χ2n) is 9.52. The SMILES string of the molecule is Cc1ccc(-n2ncc3cc(C(c4ccccc4)C(C)(C)C(=O)Nc4nc(C)cs4)ccc32)cc1. The number of carbonyl (C=O) groups excluding carboxylic acids is 1. The van der Waals surface area contributed by atoms with E-state index in [0.29, 0.717) is 5.13 Å². The largest absolute Gasteiger partial charge is 0.301 e. The van der Waals surface area contributed by atoms with Crippen LogP contribution in [0.5, 0.6) is 0 Å². The molecule has 5 rings (SSSR count). The molecular formula is C29H28N4OS. The van der Waals surface area contributed by atoms with Gasteiger partial charge >= 0.3 is 0 Å². The van der Waals surface area contributed by atoms with Crippen molar-refractivity contribution in [3.05, 3.63) is 107 Å². The zero-order valence-corrected chi connectivity index (χ0v) is 21.1. The van der Waals surface area contributed by atoms with Crippen LogP contribution >= 0.6 is 11.3 Å². The molecule has 0 spiro atoms. The van der Waals surface area contributed by atoms with E-state index in [1.54, 1.807) is 0 Å². The highest BCUT2D eigenvalue weighted by Gasteiger charge is 2.39. The average molecular weight is 481 g/mol. The number of aromatic nitrogens is 3. The van der Waals surface area contributed by atoms with Crippen molar-refractivity contribution in [2.24, 2.45) is 5.41 Å². The number of amides is 1. The number of carbonyl (C=O) groups is 1. The topological polar surface area (TPSA) is 59.8 Å². The zero-order chi connectivity index (χ0) is 24.6. The molecule has 0 bridgehead atoms. The molecule has 5 aromatic rings. The van der Waals surface area contributed by atoms with Crippen molar-refractivity contribution in [3.8, 4) is 5.69 Å². The van der Waals surface area contributed by atoms with Crippen LogP contribution in [-0.2, 0) is 4.79 Å². The standard InChI is InChI=1S/C29H28N4OS/c1-19-10-13-24(14-11-19)33-25-15-12-22(16-23(25)17-30-33)26(21-8-6-5-7-9-21)29(3,4)27(34)32-28-31-20(2)18-35-28/h5-18,26H,1-4H3,(H,31,32,34). The Kier molecular flexibility index (Phi) is 5.99. The summed E-state index contributed by atoms with van der Waals surface area (Å²) in [5.74, 6) is -0.215. The first-order chi connectivity index (χ1) is 16.8. The maximum atomic E-state index is 13.6. The summed E-state index contributed by atoms with van der Waals surface area (Å²) in [6, 6.07) is 25.0. The maximum Gasteiger partial charge on any atom is 0.232 e. The number of hydrogen-bond donors (Lipinski definition) is 1. The third-order valence-electron chi connectivity index (χ3n) is 6.48. The molecule has 0 aliphatic heterocycles. The fourth-order valence-corrected chi connectivity index (χ4v) is 5.28. The minimum absolute atomic E-state index is 0.0591. The first-order valence-corrected chi connectivity index (χ1v) is 12.5. The van der Waals surface area contributed by atoms with E-state index < -0.39 is 5.41 Å². The number of hydrogen-bond acceptors (Lipinski definition) is 4. The summed E-state index contributed by atoms with van der Waals surface area (Å²) in [7, 11) is 0. The molecule has 0 aliphatic carbocycles. The Labute approximate surface area is 209 Å². The zero-order valence-electron chi connectivity index (χ0n) is 20.3. The summed E-state index contributed by atoms with van der Waals surface area (Å²) in [5.41, 5.74) is 5.60. The van der Waals surface area contributed by atoms with Gasteiger partial charge in [0.25, 0.3) is 0 Å². The Hall–Kier alpha value is -3.77. The maximum absolute atomic E-state index is 13.6. The van der Waals surface area contributed by atoms with Crippen molar-refractivity contribution >= 4 is 33.3 Å². The van der Waals surface area contributed by atoms with Crippen molar-refractivity contribution < 1.29 is 4.79 Å². The summed E-state index contributed by atoms with van der Waals surface area (Å²) >= 11 is 1.45. The van der Waals surface area contributed by atoms with Crippen LogP contribution in [-0.4, -0.2) is 20.7 Å². The highest BCUT2D eigenvalue weighted by Crippen LogP contribution is 2.42. The van der Waals surface area contributed by atoms with Crippen LogP contribution in [0.25, 0.3) is 16.6 Å². The van der Waals surface area contributed by atoms with Gasteiger partial charge in [-0.2, -0.15) is 5.10 Å². The molecular weight excluding hydrogens is 452 g/mol. The summed E-state index contributed by atoms with van der Waals surface area (Å²) in [6.45, 7) is 8.01. The van der Waals surface area contributed by atoms with Gasteiger partial charge in [-0.25, -0.2) is 9.67 Å². The van der Waals surface area contributed by atoms with E-state index >= 15 is 0 Å². The first-order valence-electron chi connectivity index (χ1n) is 11.7. The highest BCUT2D eigenvalue weighted by atomic mass is 32.1. The summed E-state index contributed by atoms with van der Waals surface area (Å²) < 4.78 is 1.96. The number of anilines is 1. The second-order valence-corrected chi connectivity index (χ2v) is 10.4. The third-order valence-corrected chi connectivity index (χ3v) is 7.36. The predicted molar refractivity (Wildman–Crippen MR) is 143 cm³/mol. The van der Waals surface area contributed by atoms with Gasteiger partial charge in [0.2, 0.25) is 5.91 Å². The lowest BCUT2D eigenvalue weighted by atomic mass is 9.70. The van der Waals surface area contributed by atoms with Crippen LogP contribution in [0.15, 0.2) is 84.4 Å². The average Bonchev–Trinajstić information content (AvgIpc) is 3.46. The van der Waals surface area contributed by atoms with Crippen molar-refractivity contribution in [1.82, 2.24) is 14.8 Å². The molecule has 1 amide bonds. The summed E-state index contributed by atoms with van der Waals surface area (Å²) in [6.07, 6.45) is 1.90. The first kappa shape index (κ1) is 23.0. The molecule has 0 saturated carbocycles. The van der Waals surface area contributed by atoms with Crippen LogP contribution in [0.2, 0.25) is 0 Å². The van der Waals surface area contributed by atoms with Crippen LogP contribution < -0.4 is 5.32 Å². The number of benzene rings is 3. The Morgan fingerprint density at radius 1 is 0.971 bits per heavy atom. The minimum atomic E-state index is -0.735. The number of thiazole rings is 1. The lowest BCUT2D eigenvalue weighted by Crippen LogP contribution is -2.37. The van der Waals surface area contributed by atoms with Gasteiger partial charge < -0.3 is 5.32 Å². The van der Waals surface area contributed by atoms with E-state index in [-0.39, 0.29) is 11.8 Å². The molecule has 1 N–H and O–H groups in total. The van der Waals surface area contributed by atoms with E-state index in [0.717, 1.165) is 33.4 Å². The van der Waals surface area contributed by atoms with Crippen molar-refractivity contribution in [3.63, 3.8) is 0 Å². The molecule has 3 aromatic carbocycles. The van der Waals surface area contributed by atoms with Crippen molar-refractivity contribution in [2.45, 2.75) is 33.6 Å². The van der Waals surface area contributed by atoms with Crippen LogP contribution in [0.1, 0.15) is 42.1 Å². The Morgan fingerprint density at radius 3 is 2.40 bits per heavy atom. The van der Waals surface area contributed by atoms with Crippen molar-refractivity contribution in [1.29, 1.82) is 0 Å². The molecule has 2 aromatic heterocycles. The van der Waals surface area contributed by atoms with Gasteiger partial charge in [-0.15, -0.1) is 11.3 Å². The molecule has 176 valence electrons. The second kappa shape index (κ2) is 9.12. The molecule has 5 nitrogen and oxygen atoms in total. The van der Waals surface area contributed by atoms with Gasteiger partial charge in [0.15, 0.2) is 5.13 Å². The van der Waals surface area contributed by atoms with Crippen LogP contribution in [0.3, 0.4) is 0 Å². The van der Waals surface area contributed by atoms with Crippen molar-refractivity contribution in [2.75, 3.05) is 5.32 Å². The monoisotopic (exact) mass is 480 g/mol. The normalized spacial score (nSPS) is 12.6. The van der Waals surface area contributed by atoms with Gasteiger partial charge in [0.1, 0.15) is 0 Å². The lowest BCUT2D eigenvalue weighted by molar-refractivity contribution is -0.124. The molecule has 0 fully saturated rings. The third kappa shape index (κ3) is 4.49. The van der Waals surface area contributed by atoms with E-state index in [1.165, 1.54) is 16.9 Å².